The lowest BCUT2D eigenvalue weighted by Gasteiger charge is -2.34. The first-order chi connectivity index (χ1) is 12.3. The average Bonchev–Trinajstić information content (AvgIpc) is 2.70. The summed E-state index contributed by atoms with van der Waals surface area (Å²) in [7, 11) is 0. The van der Waals surface area contributed by atoms with Gasteiger partial charge in [0, 0.05) is 22.2 Å². The minimum Gasteiger partial charge on any atom is -0.372 e. The normalized spacial score (nSPS) is 21.2. The molecule has 1 atom stereocenters. The van der Waals surface area contributed by atoms with Gasteiger partial charge in [-0.25, -0.2) is 0 Å². The lowest BCUT2D eigenvalue weighted by Crippen LogP contribution is -2.31. The van der Waals surface area contributed by atoms with Crippen LogP contribution in [-0.4, -0.2) is 5.78 Å². The molecule has 1 aliphatic carbocycles. The third-order valence-corrected chi connectivity index (χ3v) is 5.64. The van der Waals surface area contributed by atoms with Crippen molar-refractivity contribution in [3.63, 3.8) is 0 Å². The maximum absolute atomic E-state index is 13.1. The van der Waals surface area contributed by atoms with Crippen molar-refractivity contribution < 1.29 is 4.79 Å². The Kier molecular flexibility index (Phi) is 4.19. The molecule has 2 aliphatic rings. The Morgan fingerprint density at radius 2 is 1.88 bits per heavy atom. The van der Waals surface area contributed by atoms with Gasteiger partial charge in [0.05, 0.1) is 17.4 Å². The number of benzene rings is 2. The molecule has 3 nitrogen and oxygen atoms in total. The Morgan fingerprint density at radius 1 is 1.08 bits per heavy atom. The van der Waals surface area contributed by atoms with Crippen molar-refractivity contribution >= 4 is 33.1 Å². The molecule has 0 bridgehead atoms. The van der Waals surface area contributed by atoms with Crippen LogP contribution in [0.2, 0.25) is 0 Å². The van der Waals surface area contributed by atoms with Crippen LogP contribution >= 0.6 is 15.9 Å². The van der Waals surface area contributed by atoms with E-state index in [0.717, 1.165) is 39.1 Å². The molecule has 0 aromatic heterocycles. The SMILES string of the molecule is Cc1ccc2c(c1)N[C@@H](c1cccc(Br)c1)C1=C(CC(C)(C)CC1=O)N2. The molecular formula is C22H23BrN2O. The molecule has 26 heavy (non-hydrogen) atoms. The van der Waals surface area contributed by atoms with E-state index in [4.69, 9.17) is 0 Å². The first-order valence-corrected chi connectivity index (χ1v) is 9.78. The van der Waals surface area contributed by atoms with E-state index in [1.165, 1.54) is 5.56 Å². The third-order valence-electron chi connectivity index (χ3n) is 5.15. The Morgan fingerprint density at radius 3 is 2.65 bits per heavy atom. The van der Waals surface area contributed by atoms with Gasteiger partial charge in [-0.15, -0.1) is 0 Å². The zero-order valence-corrected chi connectivity index (χ0v) is 16.9. The van der Waals surface area contributed by atoms with E-state index in [0.29, 0.717) is 6.42 Å². The zero-order valence-electron chi connectivity index (χ0n) is 15.3. The molecule has 2 N–H and O–H groups in total. The number of hydrogen-bond donors (Lipinski definition) is 2. The van der Waals surface area contributed by atoms with E-state index in [1.807, 2.05) is 12.1 Å². The molecule has 4 rings (SSSR count). The van der Waals surface area contributed by atoms with Crippen LogP contribution in [0.3, 0.4) is 0 Å². The predicted molar refractivity (Wildman–Crippen MR) is 110 cm³/mol. The summed E-state index contributed by atoms with van der Waals surface area (Å²) in [4.78, 5) is 13.1. The monoisotopic (exact) mass is 410 g/mol. The molecule has 2 aromatic rings. The van der Waals surface area contributed by atoms with Crippen molar-refractivity contribution in [2.75, 3.05) is 10.6 Å². The van der Waals surface area contributed by atoms with Gasteiger partial charge in [0.15, 0.2) is 5.78 Å². The third kappa shape index (κ3) is 3.18. The Bertz CT molecular complexity index is 929. The number of rotatable bonds is 1. The summed E-state index contributed by atoms with van der Waals surface area (Å²) in [6.45, 7) is 6.42. The van der Waals surface area contributed by atoms with Gasteiger partial charge in [-0.1, -0.05) is 48.0 Å². The number of allylic oxidation sites excluding steroid dienone is 1. The summed E-state index contributed by atoms with van der Waals surface area (Å²) in [5.41, 5.74) is 6.25. The van der Waals surface area contributed by atoms with Gasteiger partial charge in [0.1, 0.15) is 0 Å². The van der Waals surface area contributed by atoms with Crippen LogP contribution in [0.5, 0.6) is 0 Å². The minimum atomic E-state index is -0.151. The fourth-order valence-electron chi connectivity index (χ4n) is 3.99. The van der Waals surface area contributed by atoms with E-state index < -0.39 is 0 Å². The minimum absolute atomic E-state index is 0.0278. The second-order valence-electron chi connectivity index (χ2n) is 8.14. The van der Waals surface area contributed by atoms with Gasteiger partial charge in [-0.2, -0.15) is 0 Å². The summed E-state index contributed by atoms with van der Waals surface area (Å²) in [5, 5.41) is 7.21. The maximum atomic E-state index is 13.1. The highest BCUT2D eigenvalue weighted by Gasteiger charge is 2.38. The number of fused-ring (bicyclic) bond motifs is 1. The molecule has 1 heterocycles. The largest absolute Gasteiger partial charge is 0.372 e. The smallest absolute Gasteiger partial charge is 0.163 e. The molecular weight excluding hydrogens is 388 g/mol. The van der Waals surface area contributed by atoms with Crippen LogP contribution in [0.25, 0.3) is 0 Å². The van der Waals surface area contributed by atoms with Crippen LogP contribution in [0.15, 0.2) is 58.2 Å². The molecule has 0 spiro atoms. The first kappa shape index (κ1) is 17.3. The molecule has 0 saturated heterocycles. The second-order valence-corrected chi connectivity index (χ2v) is 9.06. The number of hydrogen-bond acceptors (Lipinski definition) is 3. The van der Waals surface area contributed by atoms with E-state index >= 15 is 0 Å². The number of anilines is 2. The number of aryl methyl sites for hydroxylation is 1. The van der Waals surface area contributed by atoms with Crippen LogP contribution in [-0.2, 0) is 4.79 Å². The molecule has 0 radical (unpaired) electrons. The quantitative estimate of drug-likeness (QED) is 0.607. The lowest BCUT2D eigenvalue weighted by molar-refractivity contribution is -0.118. The van der Waals surface area contributed by atoms with E-state index in [-0.39, 0.29) is 17.2 Å². The van der Waals surface area contributed by atoms with Gasteiger partial charge < -0.3 is 10.6 Å². The number of Topliss-reactive ketones (excluding diaryl/α,β-unsaturated/α-hetero) is 1. The number of carbonyl (C=O) groups is 1. The van der Waals surface area contributed by atoms with Crippen molar-refractivity contribution in [1.82, 2.24) is 0 Å². The summed E-state index contributed by atoms with van der Waals surface area (Å²) in [5.74, 6) is 0.228. The summed E-state index contributed by atoms with van der Waals surface area (Å²) in [6, 6.07) is 14.4. The van der Waals surface area contributed by atoms with Crippen LogP contribution in [0, 0.1) is 12.3 Å². The van der Waals surface area contributed by atoms with Crippen LogP contribution < -0.4 is 10.6 Å². The van der Waals surface area contributed by atoms with E-state index in [2.05, 4.69) is 77.7 Å². The highest BCUT2D eigenvalue weighted by molar-refractivity contribution is 9.10. The number of halogens is 1. The molecule has 1 aliphatic heterocycles. The van der Waals surface area contributed by atoms with Gasteiger partial charge in [-0.05, 0) is 54.2 Å². The number of nitrogens with one attached hydrogen (secondary N) is 2. The molecule has 2 aromatic carbocycles. The zero-order chi connectivity index (χ0) is 18.5. The molecule has 0 saturated carbocycles. The average molecular weight is 411 g/mol. The number of carbonyl (C=O) groups excluding carboxylic acids is 1. The van der Waals surface area contributed by atoms with Crippen LogP contribution in [0.4, 0.5) is 11.4 Å². The van der Waals surface area contributed by atoms with Gasteiger partial charge >= 0.3 is 0 Å². The summed E-state index contributed by atoms with van der Waals surface area (Å²) >= 11 is 3.57. The summed E-state index contributed by atoms with van der Waals surface area (Å²) < 4.78 is 1.02. The topological polar surface area (TPSA) is 41.1 Å². The van der Waals surface area contributed by atoms with Crippen molar-refractivity contribution in [3.05, 3.63) is 69.3 Å². The van der Waals surface area contributed by atoms with Crippen molar-refractivity contribution in [2.45, 2.75) is 39.7 Å². The fraction of sp³-hybridized carbons (Fsp3) is 0.318. The Balaban J connectivity index is 1.90. The van der Waals surface area contributed by atoms with Crippen molar-refractivity contribution in [2.24, 2.45) is 5.41 Å². The van der Waals surface area contributed by atoms with E-state index in [9.17, 15) is 4.79 Å². The molecule has 0 fully saturated rings. The molecule has 4 heteroatoms. The lowest BCUT2D eigenvalue weighted by atomic mass is 9.73. The molecule has 0 amide bonds. The Hall–Kier alpha value is -2.07. The number of ketones is 1. The highest BCUT2D eigenvalue weighted by Crippen LogP contribution is 2.45. The van der Waals surface area contributed by atoms with Gasteiger partial charge in [0.2, 0.25) is 0 Å². The second kappa shape index (κ2) is 6.27. The van der Waals surface area contributed by atoms with E-state index in [1.54, 1.807) is 0 Å². The first-order valence-electron chi connectivity index (χ1n) is 8.98. The van der Waals surface area contributed by atoms with Gasteiger partial charge in [0.25, 0.3) is 0 Å². The van der Waals surface area contributed by atoms with Crippen molar-refractivity contribution in [1.29, 1.82) is 0 Å². The van der Waals surface area contributed by atoms with Gasteiger partial charge in [-0.3, -0.25) is 4.79 Å². The van der Waals surface area contributed by atoms with Crippen LogP contribution in [0.1, 0.15) is 43.9 Å². The molecule has 0 unspecified atom stereocenters. The molecule has 134 valence electrons. The maximum Gasteiger partial charge on any atom is 0.163 e. The predicted octanol–water partition coefficient (Wildman–Crippen LogP) is 5.98. The fourth-order valence-corrected chi connectivity index (χ4v) is 4.41. The standard InChI is InChI=1S/C22H23BrN2O/c1-13-7-8-16-17(9-13)25-21(14-5-4-6-15(23)10-14)20-18(24-16)11-22(2,3)12-19(20)26/h4-10,21,24-25H,11-12H2,1-3H3/t21-/m0/s1. The Labute approximate surface area is 163 Å². The van der Waals surface area contributed by atoms with Crippen molar-refractivity contribution in [3.8, 4) is 0 Å². The highest BCUT2D eigenvalue weighted by atomic mass is 79.9. The summed E-state index contributed by atoms with van der Waals surface area (Å²) in [6.07, 6.45) is 1.45.